The molecule has 0 saturated carbocycles. The molecule has 0 spiro atoms. The van der Waals surface area contributed by atoms with Crippen LogP contribution in [0.2, 0.25) is 0 Å². The number of hydrogen-bond donors (Lipinski definition) is 0. The number of halogens is 2. The maximum Gasteiger partial charge on any atom is 0.261 e. The lowest BCUT2D eigenvalue weighted by Gasteiger charge is -2.11. The van der Waals surface area contributed by atoms with E-state index >= 15 is 0 Å². The van der Waals surface area contributed by atoms with Gasteiger partial charge in [-0.2, -0.15) is 0 Å². The maximum atomic E-state index is 14.3. The van der Waals surface area contributed by atoms with E-state index in [-0.39, 0.29) is 23.1 Å². The van der Waals surface area contributed by atoms with Crippen molar-refractivity contribution >= 4 is 0 Å². The SMILES string of the molecule is CC(C)c1ccc(-c2cnc(Cc3ccc(F)cc3)n(C)c2=O)cc1F. The van der Waals surface area contributed by atoms with Crippen LogP contribution in [0.3, 0.4) is 0 Å². The van der Waals surface area contributed by atoms with Crippen LogP contribution in [0.15, 0.2) is 53.5 Å². The zero-order valence-electron chi connectivity index (χ0n) is 15.0. The first-order chi connectivity index (χ1) is 12.4. The van der Waals surface area contributed by atoms with Crippen molar-refractivity contribution in [1.29, 1.82) is 0 Å². The van der Waals surface area contributed by atoms with E-state index in [0.717, 1.165) is 5.56 Å². The molecule has 0 amide bonds. The average Bonchev–Trinajstić information content (AvgIpc) is 2.60. The molecule has 5 heteroatoms. The molecular formula is C21H20F2N2O. The Labute approximate surface area is 151 Å². The van der Waals surface area contributed by atoms with Gasteiger partial charge >= 0.3 is 0 Å². The molecule has 3 aromatic rings. The van der Waals surface area contributed by atoms with Crippen LogP contribution in [0.4, 0.5) is 8.78 Å². The van der Waals surface area contributed by atoms with E-state index < -0.39 is 0 Å². The first-order valence-corrected chi connectivity index (χ1v) is 8.46. The van der Waals surface area contributed by atoms with E-state index in [1.54, 1.807) is 31.3 Å². The van der Waals surface area contributed by atoms with Crippen LogP contribution in [-0.4, -0.2) is 9.55 Å². The van der Waals surface area contributed by atoms with Crippen LogP contribution in [0, 0.1) is 11.6 Å². The van der Waals surface area contributed by atoms with Crippen molar-refractivity contribution in [2.75, 3.05) is 0 Å². The molecule has 134 valence electrons. The largest absolute Gasteiger partial charge is 0.299 e. The van der Waals surface area contributed by atoms with Crippen LogP contribution in [-0.2, 0) is 13.5 Å². The van der Waals surface area contributed by atoms with Crippen molar-refractivity contribution in [3.8, 4) is 11.1 Å². The summed E-state index contributed by atoms with van der Waals surface area (Å²) in [7, 11) is 1.64. The summed E-state index contributed by atoms with van der Waals surface area (Å²) in [6.07, 6.45) is 1.89. The van der Waals surface area contributed by atoms with Gasteiger partial charge in [0.2, 0.25) is 0 Å². The van der Waals surface area contributed by atoms with Crippen molar-refractivity contribution in [3.05, 3.63) is 87.6 Å². The van der Waals surface area contributed by atoms with E-state index in [1.807, 2.05) is 13.8 Å². The summed E-state index contributed by atoms with van der Waals surface area (Å²) >= 11 is 0. The lowest BCUT2D eigenvalue weighted by Crippen LogP contribution is -2.23. The highest BCUT2D eigenvalue weighted by Gasteiger charge is 2.13. The molecule has 0 aliphatic heterocycles. The van der Waals surface area contributed by atoms with Gasteiger partial charge in [0.15, 0.2) is 0 Å². The van der Waals surface area contributed by atoms with Gasteiger partial charge < -0.3 is 0 Å². The maximum absolute atomic E-state index is 14.3. The third-order valence-corrected chi connectivity index (χ3v) is 4.47. The summed E-state index contributed by atoms with van der Waals surface area (Å²) in [6.45, 7) is 3.84. The molecule has 0 fully saturated rings. The first kappa shape index (κ1) is 18.0. The molecule has 0 aliphatic rings. The predicted molar refractivity (Wildman–Crippen MR) is 98.2 cm³/mol. The summed E-state index contributed by atoms with van der Waals surface area (Å²) < 4.78 is 28.7. The van der Waals surface area contributed by atoms with Gasteiger partial charge in [0, 0.05) is 19.7 Å². The quantitative estimate of drug-likeness (QED) is 0.694. The second-order valence-corrected chi connectivity index (χ2v) is 6.65. The van der Waals surface area contributed by atoms with Crippen LogP contribution >= 0.6 is 0 Å². The summed E-state index contributed by atoms with van der Waals surface area (Å²) in [6, 6.07) is 10.9. The number of hydrogen-bond acceptors (Lipinski definition) is 2. The Morgan fingerprint density at radius 2 is 1.77 bits per heavy atom. The lowest BCUT2D eigenvalue weighted by atomic mass is 9.99. The third kappa shape index (κ3) is 3.57. The third-order valence-electron chi connectivity index (χ3n) is 4.47. The molecule has 3 rings (SSSR count). The first-order valence-electron chi connectivity index (χ1n) is 8.46. The minimum absolute atomic E-state index is 0.0723. The minimum Gasteiger partial charge on any atom is -0.299 e. The van der Waals surface area contributed by atoms with Gasteiger partial charge in [-0.25, -0.2) is 13.8 Å². The number of nitrogens with zero attached hydrogens (tertiary/aromatic N) is 2. The normalized spacial score (nSPS) is 11.2. The number of aromatic nitrogens is 2. The fourth-order valence-electron chi connectivity index (χ4n) is 2.89. The van der Waals surface area contributed by atoms with E-state index in [1.165, 1.54) is 29.0 Å². The second-order valence-electron chi connectivity index (χ2n) is 6.65. The smallest absolute Gasteiger partial charge is 0.261 e. The van der Waals surface area contributed by atoms with Gasteiger partial charge in [-0.15, -0.1) is 0 Å². The topological polar surface area (TPSA) is 34.9 Å². The standard InChI is InChI=1S/C21H20F2N2O/c1-13(2)17-9-6-15(11-19(17)23)18-12-24-20(25(3)21(18)26)10-14-4-7-16(22)8-5-14/h4-9,11-13H,10H2,1-3H3. The highest BCUT2D eigenvalue weighted by molar-refractivity contribution is 5.62. The minimum atomic E-state index is -0.324. The van der Waals surface area contributed by atoms with Crippen LogP contribution in [0.5, 0.6) is 0 Å². The molecule has 0 unspecified atom stereocenters. The van der Waals surface area contributed by atoms with E-state index in [4.69, 9.17) is 0 Å². The molecule has 0 aliphatic carbocycles. The zero-order chi connectivity index (χ0) is 18.8. The predicted octanol–water partition coefficient (Wildman–Crippen LogP) is 4.44. The molecule has 1 aromatic heterocycles. The van der Waals surface area contributed by atoms with Crippen molar-refractivity contribution in [2.45, 2.75) is 26.2 Å². The van der Waals surface area contributed by atoms with E-state index in [2.05, 4.69) is 4.98 Å². The van der Waals surface area contributed by atoms with Gasteiger partial charge in [0.1, 0.15) is 17.5 Å². The fraction of sp³-hybridized carbons (Fsp3) is 0.238. The van der Waals surface area contributed by atoms with Crippen LogP contribution in [0.1, 0.15) is 36.7 Å². The van der Waals surface area contributed by atoms with Gasteiger partial charge in [0.05, 0.1) is 5.56 Å². The lowest BCUT2D eigenvalue weighted by molar-refractivity contribution is 0.599. The summed E-state index contributed by atoms with van der Waals surface area (Å²) in [5.74, 6) is 0.000447. The van der Waals surface area contributed by atoms with Gasteiger partial charge in [-0.1, -0.05) is 38.1 Å². The summed E-state index contributed by atoms with van der Waals surface area (Å²) in [4.78, 5) is 17.1. The van der Waals surface area contributed by atoms with Crippen LogP contribution < -0.4 is 5.56 Å². The molecule has 0 bridgehead atoms. The molecule has 26 heavy (non-hydrogen) atoms. The molecule has 0 saturated heterocycles. The Balaban J connectivity index is 1.96. The van der Waals surface area contributed by atoms with Gasteiger partial charge in [-0.3, -0.25) is 9.36 Å². The molecular weight excluding hydrogens is 334 g/mol. The summed E-state index contributed by atoms with van der Waals surface area (Å²) in [5.41, 5.74) is 2.09. The van der Waals surface area contributed by atoms with Crippen LogP contribution in [0.25, 0.3) is 11.1 Å². The number of rotatable bonds is 4. The summed E-state index contributed by atoms with van der Waals surface area (Å²) in [5, 5.41) is 0. The van der Waals surface area contributed by atoms with E-state index in [9.17, 15) is 13.6 Å². The van der Waals surface area contributed by atoms with Crippen molar-refractivity contribution in [3.63, 3.8) is 0 Å². The molecule has 0 N–H and O–H groups in total. The monoisotopic (exact) mass is 354 g/mol. The Morgan fingerprint density at radius 3 is 2.38 bits per heavy atom. The molecule has 2 aromatic carbocycles. The zero-order valence-corrected chi connectivity index (χ0v) is 15.0. The number of benzene rings is 2. The van der Waals surface area contributed by atoms with Gasteiger partial charge in [0.25, 0.3) is 5.56 Å². The fourth-order valence-corrected chi connectivity index (χ4v) is 2.89. The molecule has 3 nitrogen and oxygen atoms in total. The molecule has 0 atom stereocenters. The Bertz CT molecular complexity index is 992. The van der Waals surface area contributed by atoms with Crippen molar-refractivity contribution in [2.24, 2.45) is 7.05 Å². The molecule has 0 radical (unpaired) electrons. The second kappa shape index (κ2) is 7.20. The van der Waals surface area contributed by atoms with Crippen molar-refractivity contribution in [1.82, 2.24) is 9.55 Å². The van der Waals surface area contributed by atoms with E-state index in [0.29, 0.717) is 28.9 Å². The molecule has 1 heterocycles. The average molecular weight is 354 g/mol. The Kier molecular flexibility index (Phi) is 4.98. The van der Waals surface area contributed by atoms with Crippen molar-refractivity contribution < 1.29 is 8.78 Å². The Hall–Kier alpha value is -2.82. The highest BCUT2D eigenvalue weighted by atomic mass is 19.1. The van der Waals surface area contributed by atoms with Gasteiger partial charge in [-0.05, 0) is 40.8 Å². The Morgan fingerprint density at radius 1 is 1.08 bits per heavy atom. The highest BCUT2D eigenvalue weighted by Crippen LogP contribution is 2.23.